The monoisotopic (exact) mass is 242 g/mol. The molecular formula is C10H14N2O5. The van der Waals surface area contributed by atoms with Crippen LogP contribution in [-0.2, 0) is 4.74 Å². The maximum atomic E-state index is 11.5. The van der Waals surface area contributed by atoms with Crippen molar-refractivity contribution in [3.63, 3.8) is 0 Å². The molecule has 1 fully saturated rings. The SMILES string of the molecule is CC[C@H]1O[C@@H](n2ccc(=O)[nH]c2=O)C(O)[C@H]1O. The quantitative estimate of drug-likeness (QED) is 0.589. The van der Waals surface area contributed by atoms with Crippen LogP contribution in [0.4, 0.5) is 0 Å². The van der Waals surface area contributed by atoms with E-state index < -0.39 is 35.8 Å². The molecule has 0 radical (unpaired) electrons. The Morgan fingerprint density at radius 1 is 1.41 bits per heavy atom. The molecule has 1 saturated heterocycles. The molecular weight excluding hydrogens is 228 g/mol. The number of aliphatic hydroxyl groups is 2. The molecule has 1 unspecified atom stereocenters. The number of ether oxygens (including phenoxy) is 1. The molecule has 94 valence electrons. The van der Waals surface area contributed by atoms with Gasteiger partial charge in [0.05, 0.1) is 6.10 Å². The summed E-state index contributed by atoms with van der Waals surface area (Å²) in [6, 6.07) is 1.16. The van der Waals surface area contributed by atoms with Crippen molar-refractivity contribution in [2.45, 2.75) is 37.9 Å². The third-order valence-corrected chi connectivity index (χ3v) is 2.86. The lowest BCUT2D eigenvalue weighted by Crippen LogP contribution is -2.37. The predicted octanol–water partition coefficient (Wildman–Crippen LogP) is -1.43. The number of aromatic amines is 1. The van der Waals surface area contributed by atoms with Gasteiger partial charge in [-0.05, 0) is 6.42 Å². The normalized spacial score (nSPS) is 32.9. The molecule has 4 atom stereocenters. The van der Waals surface area contributed by atoms with Crippen molar-refractivity contribution in [2.24, 2.45) is 0 Å². The molecule has 0 saturated carbocycles. The number of nitrogens with zero attached hydrogens (tertiary/aromatic N) is 1. The molecule has 17 heavy (non-hydrogen) atoms. The summed E-state index contributed by atoms with van der Waals surface area (Å²) in [5, 5.41) is 19.5. The smallest absolute Gasteiger partial charge is 0.330 e. The lowest BCUT2D eigenvalue weighted by Gasteiger charge is -2.16. The highest BCUT2D eigenvalue weighted by molar-refractivity contribution is 4.92. The van der Waals surface area contributed by atoms with E-state index in [0.29, 0.717) is 6.42 Å². The van der Waals surface area contributed by atoms with Gasteiger partial charge in [0.25, 0.3) is 5.56 Å². The van der Waals surface area contributed by atoms with Crippen molar-refractivity contribution < 1.29 is 14.9 Å². The zero-order valence-electron chi connectivity index (χ0n) is 9.24. The van der Waals surface area contributed by atoms with E-state index >= 15 is 0 Å². The average Bonchev–Trinajstić information content (AvgIpc) is 2.57. The van der Waals surface area contributed by atoms with Gasteiger partial charge >= 0.3 is 5.69 Å². The van der Waals surface area contributed by atoms with Crippen molar-refractivity contribution in [1.82, 2.24) is 9.55 Å². The van der Waals surface area contributed by atoms with Crippen molar-refractivity contribution in [3.8, 4) is 0 Å². The van der Waals surface area contributed by atoms with E-state index in [1.165, 1.54) is 6.20 Å². The minimum absolute atomic E-state index is 0.520. The van der Waals surface area contributed by atoms with Crippen molar-refractivity contribution in [1.29, 1.82) is 0 Å². The van der Waals surface area contributed by atoms with E-state index in [-0.39, 0.29) is 0 Å². The Kier molecular flexibility index (Phi) is 3.14. The van der Waals surface area contributed by atoms with Gasteiger partial charge in [-0.15, -0.1) is 0 Å². The molecule has 1 aliphatic heterocycles. The van der Waals surface area contributed by atoms with Crippen LogP contribution < -0.4 is 11.2 Å². The summed E-state index contributed by atoms with van der Waals surface area (Å²) < 4.78 is 6.44. The second kappa shape index (κ2) is 4.44. The van der Waals surface area contributed by atoms with Crippen LogP contribution in [-0.4, -0.2) is 38.1 Å². The summed E-state index contributed by atoms with van der Waals surface area (Å²) in [6.07, 6.45) is -1.97. The van der Waals surface area contributed by atoms with Gasteiger partial charge in [0.15, 0.2) is 6.23 Å². The number of rotatable bonds is 2. The lowest BCUT2D eigenvalue weighted by molar-refractivity contribution is -0.0405. The zero-order valence-corrected chi connectivity index (χ0v) is 9.24. The van der Waals surface area contributed by atoms with Crippen LogP contribution in [0.25, 0.3) is 0 Å². The van der Waals surface area contributed by atoms with E-state index in [1.54, 1.807) is 6.92 Å². The molecule has 1 aliphatic rings. The predicted molar refractivity (Wildman–Crippen MR) is 57.5 cm³/mol. The third-order valence-electron chi connectivity index (χ3n) is 2.86. The molecule has 0 aliphatic carbocycles. The van der Waals surface area contributed by atoms with Crippen LogP contribution in [0.5, 0.6) is 0 Å². The van der Waals surface area contributed by atoms with Crippen LogP contribution in [0, 0.1) is 0 Å². The van der Waals surface area contributed by atoms with Gasteiger partial charge in [-0.3, -0.25) is 14.3 Å². The van der Waals surface area contributed by atoms with Crippen molar-refractivity contribution in [3.05, 3.63) is 33.1 Å². The highest BCUT2D eigenvalue weighted by Gasteiger charge is 2.42. The zero-order chi connectivity index (χ0) is 12.6. The second-order valence-corrected chi connectivity index (χ2v) is 3.97. The Balaban J connectivity index is 2.35. The molecule has 7 nitrogen and oxygen atoms in total. The summed E-state index contributed by atoms with van der Waals surface area (Å²) in [7, 11) is 0. The van der Waals surface area contributed by atoms with Gasteiger partial charge in [-0.25, -0.2) is 4.79 Å². The maximum Gasteiger partial charge on any atom is 0.330 e. The third kappa shape index (κ3) is 2.04. The summed E-state index contributed by atoms with van der Waals surface area (Å²) >= 11 is 0. The van der Waals surface area contributed by atoms with Gasteiger partial charge < -0.3 is 14.9 Å². The topological polar surface area (TPSA) is 105 Å². The van der Waals surface area contributed by atoms with Gasteiger partial charge in [0.1, 0.15) is 12.2 Å². The molecule has 0 amide bonds. The van der Waals surface area contributed by atoms with Gasteiger partial charge in [-0.1, -0.05) is 6.92 Å². The minimum atomic E-state index is -1.19. The van der Waals surface area contributed by atoms with Crippen molar-refractivity contribution in [2.75, 3.05) is 0 Å². The van der Waals surface area contributed by atoms with Gasteiger partial charge in [0, 0.05) is 12.3 Å². The number of H-pyrrole nitrogens is 1. The van der Waals surface area contributed by atoms with E-state index in [2.05, 4.69) is 4.98 Å². The first kappa shape index (κ1) is 12.0. The first-order chi connectivity index (χ1) is 8.04. The summed E-state index contributed by atoms with van der Waals surface area (Å²) in [4.78, 5) is 24.5. The van der Waals surface area contributed by atoms with E-state index in [1.807, 2.05) is 0 Å². The molecule has 0 bridgehead atoms. The van der Waals surface area contributed by atoms with Crippen LogP contribution in [0.2, 0.25) is 0 Å². The average molecular weight is 242 g/mol. The lowest BCUT2D eigenvalue weighted by atomic mass is 10.1. The minimum Gasteiger partial charge on any atom is -0.388 e. The molecule has 2 heterocycles. The van der Waals surface area contributed by atoms with Gasteiger partial charge in [0.2, 0.25) is 0 Å². The van der Waals surface area contributed by atoms with Crippen molar-refractivity contribution >= 4 is 0 Å². The number of aliphatic hydroxyl groups excluding tert-OH is 2. The highest BCUT2D eigenvalue weighted by atomic mass is 16.6. The largest absolute Gasteiger partial charge is 0.388 e. The second-order valence-electron chi connectivity index (χ2n) is 3.97. The van der Waals surface area contributed by atoms with Crippen LogP contribution in [0.1, 0.15) is 19.6 Å². The number of hydrogen-bond acceptors (Lipinski definition) is 5. The fourth-order valence-electron chi connectivity index (χ4n) is 1.92. The Morgan fingerprint density at radius 3 is 2.65 bits per heavy atom. The maximum absolute atomic E-state index is 11.5. The van der Waals surface area contributed by atoms with E-state index in [0.717, 1.165) is 10.6 Å². The van der Waals surface area contributed by atoms with Crippen LogP contribution >= 0.6 is 0 Å². The fourth-order valence-corrected chi connectivity index (χ4v) is 1.92. The Bertz CT molecular complexity index is 508. The molecule has 3 N–H and O–H groups in total. The highest BCUT2D eigenvalue weighted by Crippen LogP contribution is 2.29. The number of aromatic nitrogens is 2. The number of hydrogen-bond donors (Lipinski definition) is 3. The molecule has 7 heteroatoms. The van der Waals surface area contributed by atoms with Gasteiger partial charge in [-0.2, -0.15) is 0 Å². The molecule has 0 aromatic carbocycles. The Labute approximate surface area is 96.3 Å². The molecule has 1 aromatic rings. The standard InChI is InChI=1S/C10H14N2O5/c1-2-5-7(14)8(15)9(17-5)12-4-3-6(13)11-10(12)16/h3-5,7-9,14-15H,2H2,1H3,(H,11,13,16)/t5-,7+,8?,9-/m1/s1. The van der Waals surface area contributed by atoms with Crippen LogP contribution in [0.15, 0.2) is 21.9 Å². The molecule has 1 aromatic heterocycles. The first-order valence-corrected chi connectivity index (χ1v) is 5.37. The first-order valence-electron chi connectivity index (χ1n) is 5.37. The molecule has 2 rings (SSSR count). The van der Waals surface area contributed by atoms with E-state index in [9.17, 15) is 19.8 Å². The molecule has 0 spiro atoms. The fraction of sp³-hybridized carbons (Fsp3) is 0.600. The Morgan fingerprint density at radius 2 is 2.12 bits per heavy atom. The number of nitrogens with one attached hydrogen (secondary N) is 1. The summed E-state index contributed by atoms with van der Waals surface area (Å²) in [6.45, 7) is 1.80. The Hall–Kier alpha value is -1.44. The van der Waals surface area contributed by atoms with Crippen LogP contribution in [0.3, 0.4) is 0 Å². The van der Waals surface area contributed by atoms with E-state index in [4.69, 9.17) is 4.74 Å². The summed E-state index contributed by atoms with van der Waals surface area (Å²) in [5.74, 6) is 0. The summed E-state index contributed by atoms with van der Waals surface area (Å²) in [5.41, 5.74) is -1.20.